The fraction of sp³-hybridized carbons (Fsp3) is 0.800. The third kappa shape index (κ3) is 2.24. The quantitative estimate of drug-likeness (QED) is 0.298. The standard InChI is InChI=1S/C10H18NO2S.HI/c1-11(2,3)9-6-4-5-8-7-14(12,13)10(8)9;/h4,6,8-10H,5,7H2,1-3H3;1H/q+1;/p-1. The zero-order chi connectivity index (χ0) is 10.6. The van der Waals surface area contributed by atoms with Gasteiger partial charge in [0.25, 0.3) is 0 Å². The predicted octanol–water partition coefficient (Wildman–Crippen LogP) is -2.56. The second kappa shape index (κ2) is 4.00. The Morgan fingerprint density at radius 1 is 1.27 bits per heavy atom. The molecule has 1 fully saturated rings. The molecule has 0 aromatic heterocycles. The molecule has 0 saturated carbocycles. The molecule has 0 aromatic carbocycles. The number of hydrogen-bond donors (Lipinski definition) is 0. The molecule has 1 aliphatic heterocycles. The van der Waals surface area contributed by atoms with Crippen LogP contribution in [0.15, 0.2) is 12.2 Å². The normalized spacial score (nSPS) is 37.4. The summed E-state index contributed by atoms with van der Waals surface area (Å²) in [5, 5.41) is -0.118. The molecule has 0 spiro atoms. The van der Waals surface area contributed by atoms with Crippen LogP contribution >= 0.6 is 0 Å². The van der Waals surface area contributed by atoms with Crippen LogP contribution in [0.2, 0.25) is 0 Å². The SMILES string of the molecule is C[N+](C)(C)C1C=CCC2CS(=O)(=O)C21.[I-]. The number of likely N-dealkylation sites (N-methyl/N-ethyl adjacent to an activating group) is 1. The van der Waals surface area contributed by atoms with Gasteiger partial charge in [0.15, 0.2) is 9.84 Å². The Balaban J connectivity index is 0.00000112. The van der Waals surface area contributed by atoms with Crippen LogP contribution in [0.5, 0.6) is 0 Å². The summed E-state index contributed by atoms with van der Waals surface area (Å²) in [4.78, 5) is 0. The summed E-state index contributed by atoms with van der Waals surface area (Å²) in [6.45, 7) is 0. The van der Waals surface area contributed by atoms with Crippen molar-refractivity contribution < 1.29 is 36.9 Å². The van der Waals surface area contributed by atoms with Gasteiger partial charge in [-0.2, -0.15) is 0 Å². The molecule has 0 bridgehead atoms. The Morgan fingerprint density at radius 2 is 1.87 bits per heavy atom. The zero-order valence-electron chi connectivity index (χ0n) is 9.35. The summed E-state index contributed by atoms with van der Waals surface area (Å²) in [7, 11) is 3.40. The van der Waals surface area contributed by atoms with Crippen LogP contribution in [0.4, 0.5) is 0 Å². The van der Waals surface area contributed by atoms with Crippen LogP contribution in [-0.2, 0) is 9.84 Å². The first kappa shape index (κ1) is 13.4. The summed E-state index contributed by atoms with van der Waals surface area (Å²) in [6, 6.07) is 0.146. The van der Waals surface area contributed by atoms with E-state index in [0.29, 0.717) is 16.2 Å². The van der Waals surface area contributed by atoms with E-state index in [0.717, 1.165) is 6.42 Å². The van der Waals surface area contributed by atoms with Crippen molar-refractivity contribution in [2.45, 2.75) is 17.7 Å². The average molecular weight is 343 g/mol. The topological polar surface area (TPSA) is 34.1 Å². The highest BCUT2D eigenvalue weighted by atomic mass is 127. The van der Waals surface area contributed by atoms with Gasteiger partial charge in [0.05, 0.1) is 26.9 Å². The van der Waals surface area contributed by atoms with E-state index in [1.807, 2.05) is 0 Å². The molecule has 1 saturated heterocycles. The van der Waals surface area contributed by atoms with E-state index in [2.05, 4.69) is 33.3 Å². The third-order valence-electron chi connectivity index (χ3n) is 3.33. The van der Waals surface area contributed by atoms with Gasteiger partial charge in [-0.1, -0.05) is 6.08 Å². The maximum Gasteiger partial charge on any atom is 0.159 e. The highest BCUT2D eigenvalue weighted by Gasteiger charge is 2.54. The van der Waals surface area contributed by atoms with Crippen LogP contribution in [0.25, 0.3) is 0 Å². The molecule has 0 radical (unpaired) electrons. The highest BCUT2D eigenvalue weighted by Crippen LogP contribution is 2.39. The first-order valence-electron chi connectivity index (χ1n) is 5.02. The minimum atomic E-state index is -2.78. The van der Waals surface area contributed by atoms with E-state index in [-0.39, 0.29) is 35.3 Å². The van der Waals surface area contributed by atoms with Gasteiger partial charge in [-0.25, -0.2) is 8.42 Å². The van der Waals surface area contributed by atoms with Gasteiger partial charge in [0.1, 0.15) is 11.3 Å². The lowest BCUT2D eigenvalue weighted by Gasteiger charge is -2.47. The third-order valence-corrected chi connectivity index (χ3v) is 5.71. The van der Waals surface area contributed by atoms with Crippen LogP contribution in [0, 0.1) is 5.92 Å². The molecule has 3 nitrogen and oxygen atoms in total. The molecule has 2 rings (SSSR count). The predicted molar refractivity (Wildman–Crippen MR) is 56.6 cm³/mol. The van der Waals surface area contributed by atoms with E-state index < -0.39 is 9.84 Å². The lowest BCUT2D eigenvalue weighted by molar-refractivity contribution is -0.889. The van der Waals surface area contributed by atoms with Crippen LogP contribution in [-0.4, -0.2) is 51.1 Å². The van der Waals surface area contributed by atoms with Crippen LogP contribution < -0.4 is 24.0 Å². The van der Waals surface area contributed by atoms with Gasteiger partial charge in [-0.15, -0.1) is 0 Å². The Hall–Kier alpha value is 0.380. The molecule has 0 amide bonds. The zero-order valence-corrected chi connectivity index (χ0v) is 12.3. The molecule has 3 atom stereocenters. The molecule has 1 heterocycles. The first-order valence-corrected chi connectivity index (χ1v) is 6.73. The number of fused-ring (bicyclic) bond motifs is 1. The van der Waals surface area contributed by atoms with E-state index >= 15 is 0 Å². The summed E-state index contributed by atoms with van der Waals surface area (Å²) < 4.78 is 24.0. The van der Waals surface area contributed by atoms with Gasteiger partial charge in [-0.3, -0.25) is 0 Å². The molecule has 1 aliphatic carbocycles. The van der Waals surface area contributed by atoms with E-state index in [1.54, 1.807) is 0 Å². The van der Waals surface area contributed by atoms with Crippen LogP contribution in [0.3, 0.4) is 0 Å². The number of hydrogen-bond acceptors (Lipinski definition) is 2. The number of rotatable bonds is 1. The molecule has 88 valence electrons. The van der Waals surface area contributed by atoms with Gasteiger partial charge in [0, 0.05) is 0 Å². The summed E-state index contributed by atoms with van der Waals surface area (Å²) in [5.41, 5.74) is 0. The number of nitrogens with zero attached hydrogens (tertiary/aromatic N) is 1. The Kier molecular flexibility index (Phi) is 3.58. The van der Waals surface area contributed by atoms with Crippen molar-refractivity contribution in [3.63, 3.8) is 0 Å². The molecule has 0 N–H and O–H groups in total. The number of halogens is 1. The van der Waals surface area contributed by atoms with Crippen molar-refractivity contribution in [2.75, 3.05) is 26.9 Å². The fourth-order valence-electron chi connectivity index (χ4n) is 2.57. The maximum atomic E-state index is 11.7. The summed E-state index contributed by atoms with van der Waals surface area (Å²) in [5.74, 6) is 0.783. The Labute approximate surface area is 109 Å². The lowest BCUT2D eigenvalue weighted by Crippen LogP contribution is -3.00. The minimum absolute atomic E-state index is 0. The molecule has 2 aliphatic rings. The highest BCUT2D eigenvalue weighted by molar-refractivity contribution is 7.93. The second-order valence-corrected chi connectivity index (χ2v) is 7.53. The largest absolute Gasteiger partial charge is 1.00 e. The van der Waals surface area contributed by atoms with Gasteiger partial charge in [-0.05, 0) is 18.4 Å². The van der Waals surface area contributed by atoms with Crippen molar-refractivity contribution in [2.24, 2.45) is 5.92 Å². The molecule has 5 heteroatoms. The molecular weight excluding hydrogens is 325 g/mol. The summed E-state index contributed by atoms with van der Waals surface area (Å²) in [6.07, 6.45) is 5.17. The van der Waals surface area contributed by atoms with Crippen molar-refractivity contribution in [1.82, 2.24) is 0 Å². The number of sulfone groups is 1. The smallest absolute Gasteiger partial charge is 0.159 e. The van der Waals surface area contributed by atoms with E-state index in [9.17, 15) is 8.42 Å². The Bertz CT molecular complexity index is 369. The minimum Gasteiger partial charge on any atom is -1.00 e. The number of quaternary nitrogens is 1. The molecule has 3 unspecified atom stereocenters. The van der Waals surface area contributed by atoms with Crippen LogP contribution in [0.1, 0.15) is 6.42 Å². The molecule has 0 aromatic rings. The van der Waals surface area contributed by atoms with Gasteiger partial charge in [0.2, 0.25) is 0 Å². The summed E-state index contributed by atoms with van der Waals surface area (Å²) >= 11 is 0. The van der Waals surface area contributed by atoms with Crippen molar-refractivity contribution >= 4 is 9.84 Å². The molecule has 15 heavy (non-hydrogen) atoms. The maximum absolute atomic E-state index is 11.7. The van der Waals surface area contributed by atoms with Gasteiger partial charge >= 0.3 is 0 Å². The fourth-order valence-corrected chi connectivity index (χ4v) is 5.05. The van der Waals surface area contributed by atoms with E-state index in [1.165, 1.54) is 0 Å². The Morgan fingerprint density at radius 3 is 2.27 bits per heavy atom. The van der Waals surface area contributed by atoms with Crippen molar-refractivity contribution in [3.05, 3.63) is 12.2 Å². The first-order chi connectivity index (χ1) is 6.32. The number of allylic oxidation sites excluding steroid dienone is 1. The van der Waals surface area contributed by atoms with E-state index in [4.69, 9.17) is 0 Å². The molecular formula is C10H18INO2S. The lowest BCUT2D eigenvalue weighted by atomic mass is 9.89. The van der Waals surface area contributed by atoms with Crippen molar-refractivity contribution in [1.29, 1.82) is 0 Å². The second-order valence-electron chi connectivity index (χ2n) is 5.32. The van der Waals surface area contributed by atoms with Gasteiger partial charge < -0.3 is 28.5 Å². The average Bonchev–Trinajstić information content (AvgIpc) is 2.00. The monoisotopic (exact) mass is 343 g/mol. The van der Waals surface area contributed by atoms with Crippen molar-refractivity contribution in [3.8, 4) is 0 Å².